The third kappa shape index (κ3) is 4.14. The van der Waals surface area contributed by atoms with E-state index in [4.69, 9.17) is 10.5 Å². The Hall–Kier alpha value is -2.81. The number of hydrogen-bond donors (Lipinski definition) is 2. The Balaban J connectivity index is 2.15. The Labute approximate surface area is 166 Å². The van der Waals surface area contributed by atoms with Crippen molar-refractivity contribution in [3.63, 3.8) is 0 Å². The molecule has 1 aromatic carbocycles. The van der Waals surface area contributed by atoms with Gasteiger partial charge in [0.1, 0.15) is 17.0 Å². The van der Waals surface area contributed by atoms with Gasteiger partial charge in [0.05, 0.1) is 17.7 Å². The fourth-order valence-corrected chi connectivity index (χ4v) is 3.28. The van der Waals surface area contributed by atoms with E-state index in [1.807, 2.05) is 0 Å². The molecular formula is C20H23F3N4O2. The summed E-state index contributed by atoms with van der Waals surface area (Å²) in [7, 11) is 0. The summed E-state index contributed by atoms with van der Waals surface area (Å²) in [5.41, 5.74) is 3.84. The van der Waals surface area contributed by atoms with E-state index in [-0.39, 0.29) is 12.5 Å². The molecule has 0 aliphatic heterocycles. The van der Waals surface area contributed by atoms with Crippen LogP contribution in [0.4, 0.5) is 18.0 Å². The number of H-pyrrole nitrogens is 1. The van der Waals surface area contributed by atoms with Crippen LogP contribution in [-0.2, 0) is 10.3 Å². The van der Waals surface area contributed by atoms with E-state index >= 15 is 0 Å². The number of alkyl halides is 3. The van der Waals surface area contributed by atoms with Gasteiger partial charge in [0, 0.05) is 12.0 Å². The van der Waals surface area contributed by atoms with Crippen LogP contribution in [-0.4, -0.2) is 39.4 Å². The summed E-state index contributed by atoms with van der Waals surface area (Å²) >= 11 is 0. The highest BCUT2D eigenvalue weighted by atomic mass is 19.4. The van der Waals surface area contributed by atoms with E-state index in [1.54, 1.807) is 45.0 Å². The maximum absolute atomic E-state index is 13.5. The number of benzene rings is 1. The van der Waals surface area contributed by atoms with Crippen LogP contribution >= 0.6 is 0 Å². The number of imidazole rings is 1. The van der Waals surface area contributed by atoms with Crippen LogP contribution in [0.3, 0.4) is 0 Å². The average Bonchev–Trinajstić information content (AvgIpc) is 3.05. The Morgan fingerprint density at radius 1 is 1.31 bits per heavy atom. The van der Waals surface area contributed by atoms with Crippen molar-refractivity contribution in [3.8, 4) is 0 Å². The van der Waals surface area contributed by atoms with Crippen LogP contribution in [0, 0.1) is 0 Å². The number of ether oxygens (including phenoxy) is 1. The lowest BCUT2D eigenvalue weighted by molar-refractivity contribution is -0.0987. The first-order chi connectivity index (χ1) is 13.5. The zero-order valence-corrected chi connectivity index (χ0v) is 16.4. The number of hydrogen-bond acceptors (Lipinski definition) is 4. The number of nitrogens with one attached hydrogen (secondary N) is 1. The first kappa shape index (κ1) is 20.9. The predicted molar refractivity (Wildman–Crippen MR) is 103 cm³/mol. The summed E-state index contributed by atoms with van der Waals surface area (Å²) in [6, 6.07) is 7.04. The molecule has 156 valence electrons. The average molecular weight is 408 g/mol. The van der Waals surface area contributed by atoms with Crippen molar-refractivity contribution >= 4 is 17.1 Å². The third-order valence-corrected chi connectivity index (χ3v) is 4.57. The van der Waals surface area contributed by atoms with E-state index in [9.17, 15) is 18.0 Å². The van der Waals surface area contributed by atoms with Gasteiger partial charge in [-0.25, -0.2) is 9.78 Å². The molecule has 6 nitrogen and oxygen atoms in total. The van der Waals surface area contributed by atoms with Crippen LogP contribution in [0.15, 0.2) is 48.1 Å². The van der Waals surface area contributed by atoms with Crippen LogP contribution in [0.25, 0.3) is 11.0 Å². The lowest BCUT2D eigenvalue weighted by Gasteiger charge is -2.42. The SMILES string of the molecule is CC(C)(C)OC(=O)N(CN)C1(c2nc3ccccc3[nH]2)C=CC=C(C(F)(F)F)C1. The molecule has 1 aliphatic rings. The van der Waals surface area contributed by atoms with Gasteiger partial charge < -0.3 is 15.5 Å². The number of aromatic amines is 1. The van der Waals surface area contributed by atoms with Gasteiger partial charge >= 0.3 is 12.3 Å². The van der Waals surface area contributed by atoms with Gasteiger partial charge in [-0.15, -0.1) is 0 Å². The molecule has 0 saturated heterocycles. The standard InChI is InChI=1S/C20H23F3N4O2/c1-18(2,3)29-17(28)27(12-24)19(10-6-7-13(11-19)20(21,22)23)16-25-14-8-4-5-9-15(14)26-16/h4-10H,11-12,24H2,1-3H3,(H,25,26). The molecule has 1 amide bonds. The molecule has 29 heavy (non-hydrogen) atoms. The van der Waals surface area contributed by atoms with Gasteiger partial charge in [-0.3, -0.25) is 4.90 Å². The number of amides is 1. The first-order valence-corrected chi connectivity index (χ1v) is 9.08. The number of allylic oxidation sites excluding steroid dienone is 2. The second kappa shape index (κ2) is 7.22. The second-order valence-corrected chi connectivity index (χ2v) is 7.84. The molecule has 1 unspecified atom stereocenters. The number of nitrogens with two attached hydrogens (primary N) is 1. The van der Waals surface area contributed by atoms with Gasteiger partial charge in [0.2, 0.25) is 0 Å². The van der Waals surface area contributed by atoms with E-state index in [0.29, 0.717) is 11.0 Å². The van der Waals surface area contributed by atoms with Gasteiger partial charge in [-0.1, -0.05) is 30.4 Å². The smallest absolute Gasteiger partial charge is 0.412 e. The summed E-state index contributed by atoms with van der Waals surface area (Å²) in [5.74, 6) is 0.182. The van der Waals surface area contributed by atoms with Crippen LogP contribution < -0.4 is 5.73 Å². The summed E-state index contributed by atoms with van der Waals surface area (Å²) in [4.78, 5) is 21.5. The van der Waals surface area contributed by atoms with Gasteiger partial charge in [0.15, 0.2) is 0 Å². The summed E-state index contributed by atoms with van der Waals surface area (Å²) in [5, 5.41) is 0. The minimum atomic E-state index is -4.56. The van der Waals surface area contributed by atoms with Gasteiger partial charge in [0.25, 0.3) is 0 Å². The molecule has 0 bridgehead atoms. The maximum atomic E-state index is 13.5. The molecule has 0 radical (unpaired) electrons. The topological polar surface area (TPSA) is 84.2 Å². The van der Waals surface area contributed by atoms with Crippen molar-refractivity contribution in [2.45, 2.75) is 44.5 Å². The molecular weight excluding hydrogens is 385 g/mol. The number of rotatable bonds is 3. The normalized spacial score (nSPS) is 19.9. The van der Waals surface area contributed by atoms with Crippen LogP contribution in [0.2, 0.25) is 0 Å². The second-order valence-electron chi connectivity index (χ2n) is 7.84. The lowest BCUT2D eigenvalue weighted by atomic mass is 9.84. The largest absolute Gasteiger partial charge is 0.444 e. The fourth-order valence-electron chi connectivity index (χ4n) is 3.28. The monoisotopic (exact) mass is 408 g/mol. The number of carbonyl (C=O) groups is 1. The number of aromatic nitrogens is 2. The Bertz CT molecular complexity index is 939. The number of carbonyl (C=O) groups excluding carboxylic acids is 1. The van der Waals surface area contributed by atoms with Crippen molar-refractivity contribution in [1.82, 2.24) is 14.9 Å². The highest BCUT2D eigenvalue weighted by Crippen LogP contribution is 2.43. The van der Waals surface area contributed by atoms with E-state index in [2.05, 4.69) is 9.97 Å². The molecule has 3 rings (SSSR count). The molecule has 9 heteroatoms. The first-order valence-electron chi connectivity index (χ1n) is 9.08. The highest BCUT2D eigenvalue weighted by Gasteiger charge is 2.49. The van der Waals surface area contributed by atoms with Crippen molar-refractivity contribution in [3.05, 3.63) is 53.9 Å². The molecule has 0 saturated carbocycles. The molecule has 0 fully saturated rings. The number of halogens is 3. The number of nitrogens with zero attached hydrogens (tertiary/aromatic N) is 2. The Morgan fingerprint density at radius 3 is 2.59 bits per heavy atom. The summed E-state index contributed by atoms with van der Waals surface area (Å²) < 4.78 is 46.1. The maximum Gasteiger partial charge on any atom is 0.412 e. The summed E-state index contributed by atoms with van der Waals surface area (Å²) in [6.07, 6.45) is -2.17. The number of para-hydroxylation sites is 2. The molecule has 0 spiro atoms. The van der Waals surface area contributed by atoms with Gasteiger partial charge in [-0.05, 0) is 32.9 Å². The minimum absolute atomic E-state index is 0.182. The summed E-state index contributed by atoms with van der Waals surface area (Å²) in [6.45, 7) is 4.66. The highest BCUT2D eigenvalue weighted by molar-refractivity contribution is 5.76. The van der Waals surface area contributed by atoms with Gasteiger partial charge in [-0.2, -0.15) is 13.2 Å². The van der Waals surface area contributed by atoms with Crippen molar-refractivity contribution in [2.75, 3.05) is 6.67 Å². The Kier molecular flexibility index (Phi) is 5.20. The minimum Gasteiger partial charge on any atom is -0.444 e. The molecule has 1 heterocycles. The van der Waals surface area contributed by atoms with Crippen LogP contribution in [0.5, 0.6) is 0 Å². The van der Waals surface area contributed by atoms with Crippen molar-refractivity contribution in [1.29, 1.82) is 0 Å². The molecule has 2 aromatic rings. The van der Waals surface area contributed by atoms with E-state index < -0.39 is 35.4 Å². The molecule has 1 aromatic heterocycles. The Morgan fingerprint density at radius 2 is 2.00 bits per heavy atom. The molecule has 1 aliphatic carbocycles. The van der Waals surface area contributed by atoms with E-state index in [0.717, 1.165) is 11.0 Å². The quantitative estimate of drug-likeness (QED) is 0.739. The van der Waals surface area contributed by atoms with E-state index in [1.165, 1.54) is 12.2 Å². The zero-order chi connectivity index (χ0) is 21.4. The number of fused-ring (bicyclic) bond motifs is 1. The van der Waals surface area contributed by atoms with Crippen molar-refractivity contribution in [2.24, 2.45) is 5.73 Å². The van der Waals surface area contributed by atoms with Crippen LogP contribution in [0.1, 0.15) is 33.0 Å². The predicted octanol–water partition coefficient (Wildman–Crippen LogP) is 4.36. The molecule has 3 N–H and O–H groups in total. The lowest BCUT2D eigenvalue weighted by Crippen LogP contribution is -2.54. The molecule has 1 atom stereocenters. The fraction of sp³-hybridized carbons (Fsp3) is 0.400. The third-order valence-electron chi connectivity index (χ3n) is 4.57. The zero-order valence-electron chi connectivity index (χ0n) is 16.4. The van der Waals surface area contributed by atoms with Crippen molar-refractivity contribution < 1.29 is 22.7 Å².